The molecule has 0 amide bonds. The highest BCUT2D eigenvalue weighted by molar-refractivity contribution is 5.22. The van der Waals surface area contributed by atoms with Crippen LogP contribution in [0.2, 0.25) is 0 Å². The van der Waals surface area contributed by atoms with Crippen LogP contribution < -0.4 is 4.74 Å². The maximum absolute atomic E-state index is 11.9. The summed E-state index contributed by atoms with van der Waals surface area (Å²) in [5.41, 5.74) is 0.997. The Balaban J connectivity index is 2.51. The number of hydrogen-bond acceptors (Lipinski definition) is 2. The lowest BCUT2D eigenvalue weighted by molar-refractivity contribution is -0.139. The standard InChI is InChI=1S/C11H14F3NO/c1-8(2)9-3-5-15-10(7-9)16-6-4-11(12,13)14/h3,5,7-8H,4,6H2,1-2H3. The lowest BCUT2D eigenvalue weighted by Crippen LogP contribution is -2.13. The largest absolute Gasteiger partial charge is 0.477 e. The Morgan fingerprint density at radius 2 is 2.06 bits per heavy atom. The first kappa shape index (κ1) is 12.8. The zero-order valence-electron chi connectivity index (χ0n) is 9.21. The SMILES string of the molecule is CC(C)c1ccnc(OCCC(F)(F)F)c1. The number of hydrogen-bond donors (Lipinski definition) is 0. The normalized spacial score (nSPS) is 11.9. The Morgan fingerprint density at radius 3 is 2.62 bits per heavy atom. The predicted molar refractivity (Wildman–Crippen MR) is 54.5 cm³/mol. The monoisotopic (exact) mass is 233 g/mol. The highest BCUT2D eigenvalue weighted by atomic mass is 19.4. The number of nitrogens with zero attached hydrogens (tertiary/aromatic N) is 1. The van der Waals surface area contributed by atoms with Gasteiger partial charge in [0.25, 0.3) is 0 Å². The molecule has 0 N–H and O–H groups in total. The van der Waals surface area contributed by atoms with Gasteiger partial charge in [0.2, 0.25) is 5.88 Å². The summed E-state index contributed by atoms with van der Waals surface area (Å²) in [7, 11) is 0. The number of alkyl halides is 3. The molecule has 0 spiro atoms. The van der Waals surface area contributed by atoms with Crippen LogP contribution >= 0.6 is 0 Å². The maximum atomic E-state index is 11.9. The van der Waals surface area contributed by atoms with Crippen molar-refractivity contribution < 1.29 is 17.9 Å². The third-order valence-electron chi connectivity index (χ3n) is 2.06. The van der Waals surface area contributed by atoms with Crippen LogP contribution in [0, 0.1) is 0 Å². The highest BCUT2D eigenvalue weighted by Gasteiger charge is 2.26. The molecule has 5 heteroatoms. The Labute approximate surface area is 92.5 Å². The van der Waals surface area contributed by atoms with E-state index < -0.39 is 19.2 Å². The fourth-order valence-corrected chi connectivity index (χ4v) is 1.13. The molecular formula is C11H14F3NO. The van der Waals surface area contributed by atoms with Crippen molar-refractivity contribution in [2.24, 2.45) is 0 Å². The van der Waals surface area contributed by atoms with Gasteiger partial charge >= 0.3 is 6.18 Å². The van der Waals surface area contributed by atoms with Gasteiger partial charge in [0.05, 0.1) is 13.0 Å². The molecule has 0 aliphatic carbocycles. The van der Waals surface area contributed by atoms with Crippen LogP contribution in [0.3, 0.4) is 0 Å². The van der Waals surface area contributed by atoms with Crippen LogP contribution in [0.15, 0.2) is 18.3 Å². The van der Waals surface area contributed by atoms with Crippen molar-refractivity contribution in [2.75, 3.05) is 6.61 Å². The van der Waals surface area contributed by atoms with Crippen molar-refractivity contribution in [3.63, 3.8) is 0 Å². The smallest absolute Gasteiger partial charge is 0.392 e. The van der Waals surface area contributed by atoms with Gasteiger partial charge in [-0.15, -0.1) is 0 Å². The van der Waals surface area contributed by atoms with E-state index in [9.17, 15) is 13.2 Å². The third kappa shape index (κ3) is 4.51. The summed E-state index contributed by atoms with van der Waals surface area (Å²) in [6.07, 6.45) is -3.60. The molecule has 1 aromatic heterocycles. The molecule has 0 aliphatic heterocycles. The number of pyridine rings is 1. The first-order valence-electron chi connectivity index (χ1n) is 5.04. The Hall–Kier alpha value is -1.26. The summed E-state index contributed by atoms with van der Waals surface area (Å²) in [6, 6.07) is 3.49. The molecule has 0 fully saturated rings. The lowest BCUT2D eigenvalue weighted by Gasteiger charge is -2.10. The second-order valence-corrected chi connectivity index (χ2v) is 3.80. The van der Waals surface area contributed by atoms with Gasteiger partial charge in [-0.3, -0.25) is 0 Å². The van der Waals surface area contributed by atoms with Gasteiger partial charge in [-0.1, -0.05) is 13.8 Å². The van der Waals surface area contributed by atoms with Gasteiger partial charge in [0, 0.05) is 12.3 Å². The predicted octanol–water partition coefficient (Wildman–Crippen LogP) is 3.54. The first-order chi connectivity index (χ1) is 7.38. The summed E-state index contributed by atoms with van der Waals surface area (Å²) in [4.78, 5) is 3.85. The number of ether oxygens (including phenoxy) is 1. The van der Waals surface area contributed by atoms with E-state index in [0.717, 1.165) is 5.56 Å². The number of halogens is 3. The summed E-state index contributed by atoms with van der Waals surface area (Å²) < 4.78 is 40.5. The molecule has 0 unspecified atom stereocenters. The van der Waals surface area contributed by atoms with Gasteiger partial charge in [-0.25, -0.2) is 4.98 Å². The van der Waals surface area contributed by atoms with E-state index in [1.54, 1.807) is 6.07 Å². The van der Waals surface area contributed by atoms with Crippen LogP contribution in [0.25, 0.3) is 0 Å². The molecule has 0 saturated carbocycles. The van der Waals surface area contributed by atoms with E-state index in [1.165, 1.54) is 6.20 Å². The molecular weight excluding hydrogens is 219 g/mol. The van der Waals surface area contributed by atoms with Gasteiger partial charge < -0.3 is 4.74 Å². The van der Waals surface area contributed by atoms with Crippen molar-refractivity contribution >= 4 is 0 Å². The van der Waals surface area contributed by atoms with Gasteiger partial charge in [0.15, 0.2) is 0 Å². The molecule has 0 atom stereocenters. The van der Waals surface area contributed by atoms with Crippen molar-refractivity contribution in [2.45, 2.75) is 32.4 Å². The zero-order valence-corrected chi connectivity index (χ0v) is 9.21. The van der Waals surface area contributed by atoms with Crippen molar-refractivity contribution in [3.8, 4) is 5.88 Å². The molecule has 0 saturated heterocycles. The molecule has 0 bridgehead atoms. The summed E-state index contributed by atoms with van der Waals surface area (Å²) in [5, 5.41) is 0. The van der Waals surface area contributed by atoms with Crippen LogP contribution in [0.5, 0.6) is 5.88 Å². The van der Waals surface area contributed by atoms with E-state index in [0.29, 0.717) is 5.92 Å². The number of aromatic nitrogens is 1. The molecule has 1 heterocycles. The second kappa shape index (κ2) is 5.18. The Kier molecular flexibility index (Phi) is 4.15. The van der Waals surface area contributed by atoms with Crippen LogP contribution in [0.1, 0.15) is 31.7 Å². The van der Waals surface area contributed by atoms with Gasteiger partial charge in [-0.05, 0) is 17.5 Å². The van der Waals surface area contributed by atoms with Crippen molar-refractivity contribution in [3.05, 3.63) is 23.9 Å². The molecule has 0 radical (unpaired) electrons. The first-order valence-corrected chi connectivity index (χ1v) is 5.04. The summed E-state index contributed by atoms with van der Waals surface area (Å²) in [5.74, 6) is 0.545. The second-order valence-electron chi connectivity index (χ2n) is 3.80. The van der Waals surface area contributed by atoms with E-state index in [2.05, 4.69) is 4.98 Å². The molecule has 16 heavy (non-hydrogen) atoms. The average molecular weight is 233 g/mol. The summed E-state index contributed by atoms with van der Waals surface area (Å²) in [6.45, 7) is 3.60. The molecule has 90 valence electrons. The molecule has 0 aromatic carbocycles. The maximum Gasteiger partial charge on any atom is 0.392 e. The molecule has 0 aliphatic rings. The highest BCUT2D eigenvalue weighted by Crippen LogP contribution is 2.21. The lowest BCUT2D eigenvalue weighted by atomic mass is 10.1. The van der Waals surface area contributed by atoms with Crippen LogP contribution in [-0.4, -0.2) is 17.8 Å². The van der Waals surface area contributed by atoms with Crippen LogP contribution in [-0.2, 0) is 0 Å². The minimum absolute atomic E-state index is 0.246. The van der Waals surface area contributed by atoms with Crippen LogP contribution in [0.4, 0.5) is 13.2 Å². The fourth-order valence-electron chi connectivity index (χ4n) is 1.13. The topological polar surface area (TPSA) is 22.1 Å². The minimum Gasteiger partial charge on any atom is -0.477 e. The summed E-state index contributed by atoms with van der Waals surface area (Å²) >= 11 is 0. The van der Waals surface area contributed by atoms with E-state index in [4.69, 9.17) is 4.74 Å². The van der Waals surface area contributed by atoms with E-state index in [-0.39, 0.29) is 5.88 Å². The quantitative estimate of drug-likeness (QED) is 0.793. The van der Waals surface area contributed by atoms with Gasteiger partial charge in [0.1, 0.15) is 0 Å². The van der Waals surface area contributed by atoms with Crippen molar-refractivity contribution in [1.29, 1.82) is 0 Å². The Morgan fingerprint density at radius 1 is 1.38 bits per heavy atom. The molecule has 1 rings (SSSR count). The van der Waals surface area contributed by atoms with Gasteiger partial charge in [-0.2, -0.15) is 13.2 Å². The molecule has 2 nitrogen and oxygen atoms in total. The average Bonchev–Trinajstić information content (AvgIpc) is 2.16. The fraction of sp³-hybridized carbons (Fsp3) is 0.545. The van der Waals surface area contributed by atoms with Crippen molar-refractivity contribution in [1.82, 2.24) is 4.98 Å². The number of rotatable bonds is 4. The minimum atomic E-state index is -4.18. The third-order valence-corrected chi connectivity index (χ3v) is 2.06. The Bertz CT molecular complexity index is 336. The van der Waals surface area contributed by atoms with E-state index in [1.807, 2.05) is 19.9 Å². The van der Waals surface area contributed by atoms with E-state index >= 15 is 0 Å². The zero-order chi connectivity index (χ0) is 12.2. The molecule has 1 aromatic rings.